The summed E-state index contributed by atoms with van der Waals surface area (Å²) in [5, 5.41) is 10.6. The van der Waals surface area contributed by atoms with Crippen molar-refractivity contribution in [2.24, 2.45) is 0 Å². The van der Waals surface area contributed by atoms with Gasteiger partial charge in [0.25, 0.3) is 0 Å². The van der Waals surface area contributed by atoms with Crippen molar-refractivity contribution in [3.63, 3.8) is 0 Å². The molecule has 2 heterocycles. The minimum atomic E-state index is -0.102. The Morgan fingerprint density at radius 2 is 1.00 bits per heavy atom. The van der Waals surface area contributed by atoms with Crippen LogP contribution in [0.25, 0.3) is 84.1 Å². The van der Waals surface area contributed by atoms with Gasteiger partial charge in [0, 0.05) is 62.8 Å². The summed E-state index contributed by atoms with van der Waals surface area (Å²) < 4.78 is 5.36. The zero-order valence-electron chi connectivity index (χ0n) is 31.0. The van der Waals surface area contributed by atoms with Crippen molar-refractivity contribution in [3.05, 3.63) is 187 Å². The summed E-state index contributed by atoms with van der Waals surface area (Å²) >= 11 is 3.82. The molecule has 0 bridgehead atoms. The molecule has 0 N–H and O–H groups in total. The van der Waals surface area contributed by atoms with Gasteiger partial charge in [-0.15, -0.1) is 22.7 Å². The fourth-order valence-corrected chi connectivity index (χ4v) is 11.9. The van der Waals surface area contributed by atoms with Crippen LogP contribution in [-0.4, -0.2) is 0 Å². The average molecular weight is 750 g/mol. The van der Waals surface area contributed by atoms with Crippen LogP contribution in [0.15, 0.2) is 176 Å². The van der Waals surface area contributed by atoms with Crippen molar-refractivity contribution >= 4 is 102 Å². The molecule has 0 fully saturated rings. The van der Waals surface area contributed by atoms with E-state index in [1.54, 1.807) is 0 Å². The molecular formula is C53H35NS2. The van der Waals surface area contributed by atoms with E-state index in [2.05, 4.69) is 195 Å². The van der Waals surface area contributed by atoms with Gasteiger partial charge in [-0.25, -0.2) is 0 Å². The van der Waals surface area contributed by atoms with Crippen molar-refractivity contribution in [1.29, 1.82) is 0 Å². The number of anilines is 3. The molecule has 0 spiro atoms. The molecule has 2 aromatic heterocycles. The van der Waals surface area contributed by atoms with Gasteiger partial charge in [-0.1, -0.05) is 135 Å². The van der Waals surface area contributed by atoms with Gasteiger partial charge in [0.1, 0.15) is 0 Å². The number of fused-ring (bicyclic) bond motifs is 13. The highest BCUT2D eigenvalue weighted by Crippen LogP contribution is 2.52. The third-order valence-corrected chi connectivity index (χ3v) is 14.6. The van der Waals surface area contributed by atoms with E-state index in [4.69, 9.17) is 0 Å². The van der Waals surface area contributed by atoms with E-state index in [1.165, 1.54) is 101 Å². The van der Waals surface area contributed by atoms with Gasteiger partial charge in [-0.3, -0.25) is 0 Å². The highest BCUT2D eigenvalue weighted by molar-refractivity contribution is 7.28. The molecule has 0 saturated heterocycles. The Bertz CT molecular complexity index is 3390. The second kappa shape index (κ2) is 11.9. The Hall–Kier alpha value is -6.26. The van der Waals surface area contributed by atoms with E-state index >= 15 is 0 Å². The minimum Gasteiger partial charge on any atom is -0.310 e. The van der Waals surface area contributed by atoms with E-state index in [-0.39, 0.29) is 5.41 Å². The van der Waals surface area contributed by atoms with Gasteiger partial charge in [0.15, 0.2) is 0 Å². The van der Waals surface area contributed by atoms with E-state index in [9.17, 15) is 0 Å². The van der Waals surface area contributed by atoms with Gasteiger partial charge >= 0.3 is 0 Å². The summed E-state index contributed by atoms with van der Waals surface area (Å²) in [4.78, 5) is 2.47. The molecule has 1 nitrogen and oxygen atoms in total. The number of thiophene rings is 2. The normalized spacial score (nSPS) is 13.3. The lowest BCUT2D eigenvalue weighted by atomic mass is 9.82. The molecule has 0 aliphatic heterocycles. The van der Waals surface area contributed by atoms with Gasteiger partial charge in [0.05, 0.1) is 0 Å². The van der Waals surface area contributed by atoms with Gasteiger partial charge < -0.3 is 4.90 Å². The molecule has 264 valence electrons. The summed E-state index contributed by atoms with van der Waals surface area (Å²) in [7, 11) is 0. The Kier molecular flexibility index (Phi) is 6.79. The van der Waals surface area contributed by atoms with Crippen molar-refractivity contribution in [2.45, 2.75) is 19.3 Å². The lowest BCUT2D eigenvalue weighted by Gasteiger charge is -2.28. The molecule has 9 aromatic carbocycles. The molecule has 0 radical (unpaired) electrons. The Morgan fingerprint density at radius 1 is 0.393 bits per heavy atom. The Balaban J connectivity index is 1.08. The van der Waals surface area contributed by atoms with Crippen LogP contribution in [0.2, 0.25) is 0 Å². The number of rotatable bonds is 4. The highest BCUT2D eigenvalue weighted by Gasteiger charge is 2.35. The predicted molar refractivity (Wildman–Crippen MR) is 245 cm³/mol. The summed E-state index contributed by atoms with van der Waals surface area (Å²) in [6.45, 7) is 4.74. The van der Waals surface area contributed by atoms with E-state index in [0.717, 1.165) is 11.4 Å². The van der Waals surface area contributed by atoms with Crippen molar-refractivity contribution in [2.75, 3.05) is 4.90 Å². The second-order valence-corrected chi connectivity index (χ2v) is 17.8. The molecule has 0 saturated carbocycles. The SMILES string of the molecule is CC1(C)c2ccccc2-c2ccc(N(c3ccc(-c4cccc5ccccc45)cc3)c3ccc4sc5ccc6sc7c8ccccc8ccc7c6c5c4c3)cc21. The Morgan fingerprint density at radius 3 is 1.86 bits per heavy atom. The monoisotopic (exact) mass is 749 g/mol. The fourth-order valence-electron chi connectivity index (χ4n) is 9.53. The number of hydrogen-bond acceptors (Lipinski definition) is 3. The molecule has 12 rings (SSSR count). The average Bonchev–Trinajstić information content (AvgIpc) is 3.88. The second-order valence-electron chi connectivity index (χ2n) is 15.7. The largest absolute Gasteiger partial charge is 0.310 e. The molecule has 56 heavy (non-hydrogen) atoms. The summed E-state index contributed by atoms with van der Waals surface area (Å²) in [6.07, 6.45) is 0. The topological polar surface area (TPSA) is 3.24 Å². The summed E-state index contributed by atoms with van der Waals surface area (Å²) in [6, 6.07) is 65.7. The van der Waals surface area contributed by atoms with Crippen LogP contribution in [0.1, 0.15) is 25.0 Å². The smallest absolute Gasteiger partial charge is 0.0468 e. The van der Waals surface area contributed by atoms with Crippen LogP contribution in [0.5, 0.6) is 0 Å². The molecule has 1 aliphatic rings. The third-order valence-electron chi connectivity index (χ3n) is 12.3. The van der Waals surface area contributed by atoms with Crippen molar-refractivity contribution in [1.82, 2.24) is 0 Å². The maximum Gasteiger partial charge on any atom is 0.0468 e. The zero-order valence-corrected chi connectivity index (χ0v) is 32.6. The Labute approximate surface area is 333 Å². The zero-order chi connectivity index (χ0) is 37.1. The van der Waals surface area contributed by atoms with E-state index < -0.39 is 0 Å². The molecule has 0 unspecified atom stereocenters. The molecular weight excluding hydrogens is 715 g/mol. The lowest BCUT2D eigenvalue weighted by molar-refractivity contribution is 0.660. The summed E-state index contributed by atoms with van der Waals surface area (Å²) in [5.41, 5.74) is 11.3. The number of nitrogens with zero attached hydrogens (tertiary/aromatic N) is 1. The highest BCUT2D eigenvalue weighted by atomic mass is 32.1. The molecule has 0 amide bonds. The minimum absolute atomic E-state index is 0.102. The number of benzene rings is 9. The predicted octanol–water partition coefficient (Wildman–Crippen LogP) is 16.2. The first-order valence-electron chi connectivity index (χ1n) is 19.3. The van der Waals surface area contributed by atoms with E-state index in [1.807, 2.05) is 22.7 Å². The van der Waals surface area contributed by atoms with E-state index in [0.29, 0.717) is 0 Å². The van der Waals surface area contributed by atoms with Crippen LogP contribution in [0.4, 0.5) is 17.1 Å². The first kappa shape index (κ1) is 32.0. The van der Waals surface area contributed by atoms with Crippen molar-refractivity contribution in [3.8, 4) is 22.3 Å². The quantitative estimate of drug-likeness (QED) is 0.173. The molecule has 1 aliphatic carbocycles. The maximum absolute atomic E-state index is 2.47. The number of hydrogen-bond donors (Lipinski definition) is 0. The molecule has 11 aromatic rings. The molecule has 3 heteroatoms. The fraction of sp³-hybridized carbons (Fsp3) is 0.0566. The van der Waals surface area contributed by atoms with Crippen LogP contribution >= 0.6 is 22.7 Å². The van der Waals surface area contributed by atoms with Crippen LogP contribution in [0.3, 0.4) is 0 Å². The first-order valence-corrected chi connectivity index (χ1v) is 21.0. The van der Waals surface area contributed by atoms with Crippen LogP contribution in [0, 0.1) is 0 Å². The lowest BCUT2D eigenvalue weighted by Crippen LogP contribution is -2.16. The maximum atomic E-state index is 2.47. The first-order chi connectivity index (χ1) is 27.5. The van der Waals surface area contributed by atoms with Gasteiger partial charge in [-0.05, 0) is 110 Å². The van der Waals surface area contributed by atoms with Gasteiger partial charge in [-0.2, -0.15) is 0 Å². The van der Waals surface area contributed by atoms with Crippen LogP contribution < -0.4 is 4.90 Å². The summed E-state index contributed by atoms with van der Waals surface area (Å²) in [5.74, 6) is 0. The van der Waals surface area contributed by atoms with Gasteiger partial charge in [0.2, 0.25) is 0 Å². The third kappa shape index (κ3) is 4.59. The van der Waals surface area contributed by atoms with Crippen LogP contribution in [-0.2, 0) is 5.41 Å². The molecule has 0 atom stereocenters. The van der Waals surface area contributed by atoms with Crippen molar-refractivity contribution < 1.29 is 0 Å². The standard InChI is InChI=1S/C53H35NS2/c1-53(2)45-17-8-7-15-41(45)42-26-23-37(31-46(42)53)54(35-21-18-34(19-22-35)39-16-9-12-32-10-3-5-13-38(32)39)36-24-27-47-44(30-36)51-48(55-47)28-29-49-50(51)43-25-20-33-11-4-6-14-40(33)52(43)56-49/h3-31H,1-2H3.